The largest absolute Gasteiger partial charge is 0.478 e. The average Bonchev–Trinajstić information content (AvgIpc) is 2.46. The van der Waals surface area contributed by atoms with Crippen LogP contribution in [-0.4, -0.2) is 11.1 Å². The van der Waals surface area contributed by atoms with Gasteiger partial charge in [-0.1, -0.05) is 66.7 Å². The van der Waals surface area contributed by atoms with Crippen molar-refractivity contribution in [2.24, 2.45) is 0 Å². The third-order valence-electron chi connectivity index (χ3n) is 2.88. The number of benzene rings is 2. The monoisotopic (exact) mass is 264 g/mol. The first kappa shape index (κ1) is 13.8. The van der Waals surface area contributed by atoms with E-state index in [0.717, 1.165) is 11.1 Å². The summed E-state index contributed by atoms with van der Waals surface area (Å²) >= 11 is 0. The van der Waals surface area contributed by atoms with Crippen molar-refractivity contribution in [3.8, 4) is 0 Å². The van der Waals surface area contributed by atoms with Crippen molar-refractivity contribution < 1.29 is 9.90 Å². The van der Waals surface area contributed by atoms with Crippen molar-refractivity contribution >= 4 is 17.6 Å². The Morgan fingerprint density at radius 3 is 2.05 bits per heavy atom. The van der Waals surface area contributed by atoms with Crippen LogP contribution in [0.15, 0.2) is 72.3 Å². The van der Waals surface area contributed by atoms with Gasteiger partial charge in [0, 0.05) is 0 Å². The minimum Gasteiger partial charge on any atom is -0.478 e. The van der Waals surface area contributed by atoms with E-state index in [-0.39, 0.29) is 0 Å². The molecule has 2 heteroatoms. The average molecular weight is 264 g/mol. The molecule has 0 radical (unpaired) electrons. The SMILES string of the molecule is CC(=C\c1ccccc1)/C=C(/C(=O)O)c1ccccc1. The summed E-state index contributed by atoms with van der Waals surface area (Å²) in [5.41, 5.74) is 2.97. The smallest absolute Gasteiger partial charge is 0.336 e. The van der Waals surface area contributed by atoms with Crippen LogP contribution in [0.5, 0.6) is 0 Å². The fourth-order valence-electron chi connectivity index (χ4n) is 1.97. The molecule has 2 rings (SSSR count). The molecule has 0 amide bonds. The molecule has 0 aliphatic heterocycles. The number of carboxylic acids is 1. The summed E-state index contributed by atoms with van der Waals surface area (Å²) in [7, 11) is 0. The van der Waals surface area contributed by atoms with Gasteiger partial charge >= 0.3 is 5.97 Å². The van der Waals surface area contributed by atoms with Gasteiger partial charge in [0.2, 0.25) is 0 Å². The Bertz CT molecular complexity index is 638. The van der Waals surface area contributed by atoms with E-state index in [1.165, 1.54) is 0 Å². The van der Waals surface area contributed by atoms with Crippen molar-refractivity contribution in [1.29, 1.82) is 0 Å². The molecule has 0 spiro atoms. The van der Waals surface area contributed by atoms with Gasteiger partial charge in [0.1, 0.15) is 0 Å². The van der Waals surface area contributed by atoms with E-state index >= 15 is 0 Å². The molecule has 100 valence electrons. The Labute approximate surface area is 118 Å². The molecule has 0 fully saturated rings. The van der Waals surface area contributed by atoms with Crippen LogP contribution in [-0.2, 0) is 4.79 Å². The Balaban J connectivity index is 2.35. The van der Waals surface area contributed by atoms with Crippen LogP contribution in [0, 0.1) is 0 Å². The zero-order valence-electron chi connectivity index (χ0n) is 11.3. The van der Waals surface area contributed by atoms with Crippen LogP contribution in [0.3, 0.4) is 0 Å². The molecule has 0 bridgehead atoms. The van der Waals surface area contributed by atoms with Crippen LogP contribution >= 0.6 is 0 Å². The zero-order valence-corrected chi connectivity index (χ0v) is 11.3. The number of hydrogen-bond donors (Lipinski definition) is 1. The summed E-state index contributed by atoms with van der Waals surface area (Å²) in [4.78, 5) is 11.4. The van der Waals surface area contributed by atoms with Crippen molar-refractivity contribution in [2.45, 2.75) is 6.92 Å². The highest BCUT2D eigenvalue weighted by atomic mass is 16.4. The summed E-state index contributed by atoms with van der Waals surface area (Å²) in [5, 5.41) is 9.35. The van der Waals surface area contributed by atoms with Gasteiger partial charge in [-0.3, -0.25) is 0 Å². The number of aliphatic carboxylic acids is 1. The lowest BCUT2D eigenvalue weighted by Gasteiger charge is -2.03. The molecular weight excluding hydrogens is 248 g/mol. The number of carboxylic acid groups (broad SMARTS) is 1. The number of rotatable bonds is 4. The Kier molecular flexibility index (Phi) is 4.51. The molecular formula is C18H16O2. The molecule has 0 aliphatic rings. The minimum atomic E-state index is -0.919. The fourth-order valence-corrected chi connectivity index (χ4v) is 1.97. The van der Waals surface area contributed by atoms with E-state index in [1.807, 2.05) is 61.5 Å². The second-order valence-electron chi connectivity index (χ2n) is 4.53. The van der Waals surface area contributed by atoms with E-state index in [1.54, 1.807) is 18.2 Å². The van der Waals surface area contributed by atoms with E-state index in [2.05, 4.69) is 0 Å². The lowest BCUT2D eigenvalue weighted by atomic mass is 10.0. The molecule has 2 aromatic carbocycles. The van der Waals surface area contributed by atoms with Gasteiger partial charge in [-0.05, 0) is 29.7 Å². The summed E-state index contributed by atoms with van der Waals surface area (Å²) in [6.07, 6.45) is 3.66. The maximum absolute atomic E-state index is 11.4. The topological polar surface area (TPSA) is 37.3 Å². The zero-order chi connectivity index (χ0) is 14.4. The summed E-state index contributed by atoms with van der Waals surface area (Å²) in [5.74, 6) is -0.919. The lowest BCUT2D eigenvalue weighted by molar-refractivity contribution is -0.130. The molecule has 2 nitrogen and oxygen atoms in total. The molecule has 0 aliphatic carbocycles. The van der Waals surface area contributed by atoms with Crippen LogP contribution < -0.4 is 0 Å². The van der Waals surface area contributed by atoms with Crippen molar-refractivity contribution in [1.82, 2.24) is 0 Å². The first-order valence-corrected chi connectivity index (χ1v) is 6.40. The van der Waals surface area contributed by atoms with Crippen LogP contribution in [0.2, 0.25) is 0 Å². The van der Waals surface area contributed by atoms with Gasteiger partial charge < -0.3 is 5.11 Å². The lowest BCUT2D eigenvalue weighted by Crippen LogP contribution is -1.99. The molecule has 0 atom stereocenters. The first-order valence-electron chi connectivity index (χ1n) is 6.40. The molecule has 0 aromatic heterocycles. The standard InChI is InChI=1S/C18H16O2/c1-14(12-15-8-4-2-5-9-15)13-17(18(19)20)16-10-6-3-7-11-16/h2-13H,1H3,(H,19,20)/b14-12+,17-13+. The highest BCUT2D eigenvalue weighted by molar-refractivity contribution is 6.16. The molecule has 2 aromatic rings. The van der Waals surface area contributed by atoms with Crippen molar-refractivity contribution in [2.75, 3.05) is 0 Å². The van der Waals surface area contributed by atoms with Gasteiger partial charge in [0.05, 0.1) is 5.57 Å². The maximum atomic E-state index is 11.4. The van der Waals surface area contributed by atoms with Gasteiger partial charge in [-0.2, -0.15) is 0 Å². The summed E-state index contributed by atoms with van der Waals surface area (Å²) in [6.45, 7) is 1.90. The Hall–Kier alpha value is -2.61. The molecule has 0 unspecified atom stereocenters. The predicted molar refractivity (Wildman–Crippen MR) is 82.1 cm³/mol. The summed E-state index contributed by atoms with van der Waals surface area (Å²) in [6, 6.07) is 19.0. The highest BCUT2D eigenvalue weighted by Crippen LogP contribution is 2.18. The molecule has 1 N–H and O–H groups in total. The maximum Gasteiger partial charge on any atom is 0.336 e. The number of allylic oxidation sites excluding steroid dienone is 2. The van der Waals surface area contributed by atoms with Gasteiger partial charge in [-0.15, -0.1) is 0 Å². The number of hydrogen-bond acceptors (Lipinski definition) is 1. The molecule has 0 saturated heterocycles. The van der Waals surface area contributed by atoms with E-state index < -0.39 is 5.97 Å². The van der Waals surface area contributed by atoms with Crippen LogP contribution in [0.1, 0.15) is 18.1 Å². The second kappa shape index (κ2) is 6.53. The third-order valence-corrected chi connectivity index (χ3v) is 2.88. The minimum absolute atomic E-state index is 0.301. The molecule has 20 heavy (non-hydrogen) atoms. The van der Waals surface area contributed by atoms with E-state index in [9.17, 15) is 9.90 Å². The molecule has 0 saturated carbocycles. The third kappa shape index (κ3) is 3.69. The molecule has 0 heterocycles. The Morgan fingerprint density at radius 2 is 1.50 bits per heavy atom. The van der Waals surface area contributed by atoms with Gasteiger partial charge in [-0.25, -0.2) is 4.79 Å². The fraction of sp³-hybridized carbons (Fsp3) is 0.0556. The predicted octanol–water partition coefficient (Wildman–Crippen LogP) is 4.26. The Morgan fingerprint density at radius 1 is 0.950 bits per heavy atom. The van der Waals surface area contributed by atoms with Crippen LogP contribution in [0.25, 0.3) is 11.6 Å². The normalized spacial score (nSPS) is 12.2. The van der Waals surface area contributed by atoms with Crippen LogP contribution in [0.4, 0.5) is 0 Å². The first-order chi connectivity index (χ1) is 9.66. The van der Waals surface area contributed by atoms with Crippen molar-refractivity contribution in [3.63, 3.8) is 0 Å². The van der Waals surface area contributed by atoms with E-state index in [4.69, 9.17) is 0 Å². The highest BCUT2D eigenvalue weighted by Gasteiger charge is 2.09. The van der Waals surface area contributed by atoms with Gasteiger partial charge in [0.15, 0.2) is 0 Å². The summed E-state index contributed by atoms with van der Waals surface area (Å²) < 4.78 is 0. The van der Waals surface area contributed by atoms with E-state index in [0.29, 0.717) is 11.1 Å². The quantitative estimate of drug-likeness (QED) is 0.661. The van der Waals surface area contributed by atoms with Crippen molar-refractivity contribution in [3.05, 3.63) is 83.4 Å². The van der Waals surface area contributed by atoms with Gasteiger partial charge in [0.25, 0.3) is 0 Å². The number of carbonyl (C=O) groups is 1. The second-order valence-corrected chi connectivity index (χ2v) is 4.53.